The molecule has 0 aliphatic carbocycles. The van der Waals surface area contributed by atoms with Crippen molar-refractivity contribution in [1.82, 2.24) is 4.72 Å². The third-order valence-corrected chi connectivity index (χ3v) is 4.19. The summed E-state index contributed by atoms with van der Waals surface area (Å²) in [6, 6.07) is 1.16. The lowest BCUT2D eigenvalue weighted by molar-refractivity contribution is -0.385. The van der Waals surface area contributed by atoms with Gasteiger partial charge in [0.1, 0.15) is 10.7 Å². The first-order valence-corrected chi connectivity index (χ1v) is 7.33. The highest BCUT2D eigenvalue weighted by atomic mass is 32.2. The van der Waals surface area contributed by atoms with Crippen molar-refractivity contribution in [3.05, 3.63) is 34.1 Å². The number of rotatable bonds is 7. The highest BCUT2D eigenvalue weighted by Gasteiger charge is 2.26. The maximum Gasteiger partial charge on any atom is 0.304 e. The molecule has 0 saturated carbocycles. The van der Waals surface area contributed by atoms with Gasteiger partial charge >= 0.3 is 5.97 Å². The summed E-state index contributed by atoms with van der Waals surface area (Å²) in [6.45, 7) is 1.56. The van der Waals surface area contributed by atoms with E-state index in [0.29, 0.717) is 12.1 Å². The Morgan fingerprint density at radius 2 is 2.14 bits per heavy atom. The Morgan fingerprint density at radius 1 is 1.52 bits per heavy atom. The van der Waals surface area contributed by atoms with E-state index in [4.69, 9.17) is 5.11 Å². The second-order valence-electron chi connectivity index (χ2n) is 4.20. The molecule has 0 spiro atoms. The number of carboxylic acids is 1. The number of nitrogens with one attached hydrogen (secondary N) is 1. The summed E-state index contributed by atoms with van der Waals surface area (Å²) in [4.78, 5) is 19.5. The monoisotopic (exact) mass is 320 g/mol. The summed E-state index contributed by atoms with van der Waals surface area (Å²) < 4.78 is 39.6. The van der Waals surface area contributed by atoms with Crippen molar-refractivity contribution < 1.29 is 27.6 Å². The maximum atomic E-state index is 13.6. The molecular formula is C11H13FN2O6S. The Hall–Kier alpha value is -2.07. The zero-order chi connectivity index (χ0) is 16.2. The number of halogens is 1. The van der Waals surface area contributed by atoms with Gasteiger partial charge in [-0.25, -0.2) is 17.5 Å². The summed E-state index contributed by atoms with van der Waals surface area (Å²) in [7, 11) is -4.40. The molecule has 1 unspecified atom stereocenters. The molecule has 0 amide bonds. The normalized spacial score (nSPS) is 12.9. The quantitative estimate of drug-likeness (QED) is 0.575. The maximum absolute atomic E-state index is 13.6. The Kier molecular flexibility index (Phi) is 5.33. The summed E-state index contributed by atoms with van der Waals surface area (Å²) in [5.41, 5.74) is -0.581. The smallest absolute Gasteiger partial charge is 0.304 e. The standard InChI is InChI=1S/C11H13FN2O6S/c1-2-7(5-11(15)16)13-21(19,20)10-6-8(14(17)18)3-4-9(10)12/h3-4,6-7,13H,2,5H2,1H3,(H,15,16). The second kappa shape index (κ2) is 6.59. The average molecular weight is 320 g/mol. The first-order chi connectivity index (χ1) is 9.67. The van der Waals surface area contributed by atoms with E-state index < -0.39 is 49.8 Å². The second-order valence-corrected chi connectivity index (χ2v) is 5.88. The summed E-state index contributed by atoms with van der Waals surface area (Å²) in [5, 5.41) is 19.3. The Morgan fingerprint density at radius 3 is 2.62 bits per heavy atom. The zero-order valence-corrected chi connectivity index (χ0v) is 11.8. The highest BCUT2D eigenvalue weighted by Crippen LogP contribution is 2.21. The van der Waals surface area contributed by atoms with Crippen molar-refractivity contribution in [2.45, 2.75) is 30.7 Å². The molecule has 0 radical (unpaired) electrons. The van der Waals surface area contributed by atoms with Gasteiger partial charge in [-0.05, 0) is 12.5 Å². The first kappa shape index (κ1) is 17.0. The number of hydrogen-bond acceptors (Lipinski definition) is 5. The summed E-state index contributed by atoms with van der Waals surface area (Å²) >= 11 is 0. The van der Waals surface area contributed by atoms with Crippen LogP contribution in [0.5, 0.6) is 0 Å². The van der Waals surface area contributed by atoms with Crippen molar-refractivity contribution in [3.63, 3.8) is 0 Å². The lowest BCUT2D eigenvalue weighted by Crippen LogP contribution is -2.36. The molecule has 0 fully saturated rings. The van der Waals surface area contributed by atoms with Gasteiger partial charge in [-0.15, -0.1) is 0 Å². The molecule has 0 bridgehead atoms. The van der Waals surface area contributed by atoms with E-state index in [9.17, 15) is 27.7 Å². The van der Waals surface area contributed by atoms with Crippen LogP contribution in [0.25, 0.3) is 0 Å². The van der Waals surface area contributed by atoms with E-state index in [2.05, 4.69) is 0 Å². The van der Waals surface area contributed by atoms with Crippen LogP contribution in [0.1, 0.15) is 19.8 Å². The number of nitro groups is 1. The number of sulfonamides is 1. The fraction of sp³-hybridized carbons (Fsp3) is 0.364. The molecule has 0 aliphatic rings. The molecule has 0 aromatic heterocycles. The van der Waals surface area contributed by atoms with Crippen molar-refractivity contribution in [2.24, 2.45) is 0 Å². The Bertz CT molecular complexity index is 661. The van der Waals surface area contributed by atoms with Crippen LogP contribution >= 0.6 is 0 Å². The number of hydrogen-bond donors (Lipinski definition) is 2. The molecule has 21 heavy (non-hydrogen) atoms. The number of carbonyl (C=O) groups is 1. The van der Waals surface area contributed by atoms with Gasteiger partial charge in [0.25, 0.3) is 5.69 Å². The van der Waals surface area contributed by atoms with Crippen LogP contribution in [0.15, 0.2) is 23.1 Å². The van der Waals surface area contributed by atoms with Crippen LogP contribution in [-0.2, 0) is 14.8 Å². The lowest BCUT2D eigenvalue weighted by atomic mass is 10.2. The topological polar surface area (TPSA) is 127 Å². The van der Waals surface area contributed by atoms with E-state index in [0.717, 1.165) is 6.07 Å². The number of benzene rings is 1. The highest BCUT2D eigenvalue weighted by molar-refractivity contribution is 7.89. The van der Waals surface area contributed by atoms with Crippen LogP contribution < -0.4 is 4.72 Å². The van der Waals surface area contributed by atoms with Gasteiger partial charge in [0, 0.05) is 18.2 Å². The van der Waals surface area contributed by atoms with Crippen LogP contribution in [0.4, 0.5) is 10.1 Å². The van der Waals surface area contributed by atoms with Crippen molar-refractivity contribution >= 4 is 21.7 Å². The zero-order valence-electron chi connectivity index (χ0n) is 10.9. The average Bonchev–Trinajstić information content (AvgIpc) is 2.36. The minimum Gasteiger partial charge on any atom is -0.481 e. The van der Waals surface area contributed by atoms with Crippen molar-refractivity contribution in [3.8, 4) is 0 Å². The molecule has 0 saturated heterocycles. The molecule has 1 aromatic rings. The van der Waals surface area contributed by atoms with Crippen LogP contribution in [0.2, 0.25) is 0 Å². The van der Waals surface area contributed by atoms with Crippen LogP contribution in [0.3, 0.4) is 0 Å². The number of nitrogens with zero attached hydrogens (tertiary/aromatic N) is 1. The van der Waals surface area contributed by atoms with E-state index in [1.165, 1.54) is 0 Å². The van der Waals surface area contributed by atoms with Crippen LogP contribution in [-0.4, -0.2) is 30.5 Å². The Balaban J connectivity index is 3.15. The summed E-state index contributed by atoms with van der Waals surface area (Å²) in [5.74, 6) is -2.37. The number of non-ortho nitro benzene ring substituents is 1. The molecule has 8 nitrogen and oxygen atoms in total. The molecule has 1 aromatic carbocycles. The SMILES string of the molecule is CCC(CC(=O)O)NS(=O)(=O)c1cc([N+](=O)[O-])ccc1F. The first-order valence-electron chi connectivity index (χ1n) is 5.85. The molecule has 10 heteroatoms. The molecule has 0 aliphatic heterocycles. The predicted octanol–water partition coefficient (Wildman–Crippen LogP) is 1.27. The van der Waals surface area contributed by atoms with Gasteiger partial charge < -0.3 is 5.11 Å². The number of aliphatic carboxylic acids is 1. The van der Waals surface area contributed by atoms with Gasteiger partial charge in [-0.3, -0.25) is 14.9 Å². The van der Waals surface area contributed by atoms with Crippen molar-refractivity contribution in [2.75, 3.05) is 0 Å². The third-order valence-electron chi connectivity index (χ3n) is 2.65. The fourth-order valence-electron chi connectivity index (χ4n) is 1.57. The van der Waals surface area contributed by atoms with Gasteiger partial charge in [0.2, 0.25) is 10.0 Å². The van der Waals surface area contributed by atoms with Gasteiger partial charge in [-0.1, -0.05) is 6.92 Å². The number of nitro benzene ring substituents is 1. The Labute approximate surface area is 119 Å². The molecule has 1 atom stereocenters. The lowest BCUT2D eigenvalue weighted by Gasteiger charge is -2.15. The van der Waals surface area contributed by atoms with Crippen molar-refractivity contribution in [1.29, 1.82) is 0 Å². The number of carboxylic acid groups (broad SMARTS) is 1. The molecule has 0 heterocycles. The minimum absolute atomic E-state index is 0.169. The third kappa shape index (κ3) is 4.46. The fourth-order valence-corrected chi connectivity index (χ4v) is 2.99. The van der Waals surface area contributed by atoms with E-state index in [1.807, 2.05) is 4.72 Å². The molecular weight excluding hydrogens is 307 g/mol. The van der Waals surface area contributed by atoms with E-state index in [-0.39, 0.29) is 6.42 Å². The molecule has 1 rings (SSSR count). The van der Waals surface area contributed by atoms with E-state index >= 15 is 0 Å². The van der Waals surface area contributed by atoms with Gasteiger partial charge in [0.15, 0.2) is 0 Å². The summed E-state index contributed by atoms with van der Waals surface area (Å²) in [6.07, 6.45) is -0.311. The minimum atomic E-state index is -4.40. The molecule has 116 valence electrons. The predicted molar refractivity (Wildman–Crippen MR) is 69.7 cm³/mol. The molecule has 2 N–H and O–H groups in total. The van der Waals surface area contributed by atoms with Gasteiger partial charge in [-0.2, -0.15) is 0 Å². The van der Waals surface area contributed by atoms with Crippen LogP contribution in [0, 0.1) is 15.9 Å². The largest absolute Gasteiger partial charge is 0.481 e. The van der Waals surface area contributed by atoms with Gasteiger partial charge in [0.05, 0.1) is 11.3 Å². The van der Waals surface area contributed by atoms with E-state index in [1.54, 1.807) is 6.92 Å².